The number of allylic oxidation sites excluding steroid dienone is 2. The van der Waals surface area contributed by atoms with Crippen LogP contribution in [-0.4, -0.2) is 15.9 Å². The van der Waals surface area contributed by atoms with Crippen LogP contribution in [0.3, 0.4) is 0 Å². The maximum Gasteiger partial charge on any atom is 0.155 e. The molecule has 1 N–H and O–H groups in total. The van der Waals surface area contributed by atoms with E-state index in [1.165, 1.54) is 51.6 Å². The van der Waals surface area contributed by atoms with Gasteiger partial charge in [0.25, 0.3) is 0 Å². The molecule has 38 heavy (non-hydrogen) atoms. The average molecular weight is 697 g/mol. The number of nitrogens with zero attached hydrogens (tertiary/aromatic N) is 1. The van der Waals surface area contributed by atoms with Crippen LogP contribution >= 0.6 is 11.3 Å². The molecule has 0 fully saturated rings. The molecule has 0 spiro atoms. The van der Waals surface area contributed by atoms with Crippen LogP contribution in [0.5, 0.6) is 0 Å². The van der Waals surface area contributed by atoms with Crippen LogP contribution in [-0.2, 0) is 24.9 Å². The molecular weight excluding hydrogens is 671 g/mol. The molecule has 193 valence electrons. The number of aliphatic hydroxyl groups excluding tert-OH is 1. The number of aryl methyl sites for hydroxylation is 2. The van der Waals surface area contributed by atoms with Crippen LogP contribution in [0.25, 0.3) is 53.7 Å². The number of fused-ring (bicyclic) bond motifs is 4. The summed E-state index contributed by atoms with van der Waals surface area (Å²) in [5.74, 6) is -0.0625. The van der Waals surface area contributed by atoms with Crippen molar-refractivity contribution in [3.05, 3.63) is 102 Å². The Balaban J connectivity index is 0.000000375. The van der Waals surface area contributed by atoms with Crippen molar-refractivity contribution in [3.8, 4) is 21.7 Å². The Morgan fingerprint density at radius 2 is 1.74 bits per heavy atom. The van der Waals surface area contributed by atoms with Crippen LogP contribution in [0.4, 0.5) is 0 Å². The molecule has 3 aromatic carbocycles. The summed E-state index contributed by atoms with van der Waals surface area (Å²) in [5.41, 5.74) is 7.46. The maximum atomic E-state index is 10.0. The van der Waals surface area contributed by atoms with E-state index in [0.29, 0.717) is 0 Å². The fourth-order valence-corrected chi connectivity index (χ4v) is 5.77. The topological polar surface area (TPSA) is 63.3 Å². The van der Waals surface area contributed by atoms with Crippen LogP contribution in [0.2, 0.25) is 0 Å². The number of hydrogen-bond donors (Lipinski definition) is 1. The van der Waals surface area contributed by atoms with Gasteiger partial charge in [-0.25, -0.2) is 0 Å². The van der Waals surface area contributed by atoms with Gasteiger partial charge < -0.3 is 14.5 Å². The Hall–Kier alpha value is -3.57. The van der Waals surface area contributed by atoms with E-state index in [9.17, 15) is 4.79 Å². The third-order valence-electron chi connectivity index (χ3n) is 6.14. The van der Waals surface area contributed by atoms with Crippen molar-refractivity contribution in [2.45, 2.75) is 27.7 Å². The van der Waals surface area contributed by atoms with Crippen molar-refractivity contribution in [2.24, 2.45) is 0 Å². The second-order valence-electron chi connectivity index (χ2n) is 9.07. The summed E-state index contributed by atoms with van der Waals surface area (Å²) >= 11 is 1.79. The van der Waals surface area contributed by atoms with Gasteiger partial charge in [0.05, 0.1) is 16.0 Å². The number of carbonyl (C=O) groups is 1. The van der Waals surface area contributed by atoms with E-state index in [1.807, 2.05) is 30.5 Å². The molecule has 0 saturated heterocycles. The number of thiophene rings is 1. The van der Waals surface area contributed by atoms with Gasteiger partial charge in [-0.05, 0) is 67.6 Å². The van der Waals surface area contributed by atoms with Crippen molar-refractivity contribution in [1.29, 1.82) is 0 Å². The van der Waals surface area contributed by atoms with Gasteiger partial charge in [-0.2, -0.15) is 0 Å². The van der Waals surface area contributed by atoms with E-state index in [4.69, 9.17) is 14.5 Å². The Morgan fingerprint density at radius 1 is 1.00 bits per heavy atom. The van der Waals surface area contributed by atoms with Gasteiger partial charge in [0, 0.05) is 42.6 Å². The average Bonchev–Trinajstić information content (AvgIpc) is 3.44. The van der Waals surface area contributed by atoms with E-state index < -0.39 is 0 Å². The number of ketones is 1. The van der Waals surface area contributed by atoms with Gasteiger partial charge in [-0.1, -0.05) is 53.4 Å². The minimum Gasteiger partial charge on any atom is -0.512 e. The van der Waals surface area contributed by atoms with Gasteiger partial charge in [-0.15, -0.1) is 29.5 Å². The SMILES string of the molecule is CC(=O)C=C(C)O.Cc1cccc(C)c1-c1cc2cc(-c3[c-]ccc4c3oc3ccccc34)ncc2s1.[Ir]. The number of carbonyl (C=O) groups excluding carboxylic acids is 1. The third-order valence-corrected chi connectivity index (χ3v) is 7.24. The summed E-state index contributed by atoms with van der Waals surface area (Å²) in [7, 11) is 0. The first kappa shape index (κ1) is 27.5. The minimum absolute atomic E-state index is 0. The number of furan rings is 1. The molecule has 0 unspecified atom stereocenters. The number of hydrogen-bond acceptors (Lipinski definition) is 5. The molecule has 3 heterocycles. The monoisotopic (exact) mass is 697 g/mol. The predicted octanol–water partition coefficient (Wildman–Crippen LogP) is 8.98. The van der Waals surface area contributed by atoms with Gasteiger partial charge in [-0.3, -0.25) is 4.79 Å². The van der Waals surface area contributed by atoms with E-state index >= 15 is 0 Å². The van der Waals surface area contributed by atoms with E-state index in [0.717, 1.165) is 33.2 Å². The van der Waals surface area contributed by atoms with Crippen LogP contribution in [0.1, 0.15) is 25.0 Å². The minimum atomic E-state index is -0.125. The van der Waals surface area contributed by atoms with Crippen molar-refractivity contribution < 1.29 is 34.4 Å². The zero-order valence-electron chi connectivity index (χ0n) is 21.5. The molecule has 0 atom stereocenters. The number of aliphatic hydroxyl groups is 1. The molecule has 1 radical (unpaired) electrons. The van der Waals surface area contributed by atoms with E-state index in [1.54, 1.807) is 11.3 Å². The maximum absolute atomic E-state index is 10.0. The third kappa shape index (κ3) is 5.48. The summed E-state index contributed by atoms with van der Waals surface area (Å²) in [5, 5.41) is 11.8. The second-order valence-corrected chi connectivity index (χ2v) is 10.2. The summed E-state index contributed by atoms with van der Waals surface area (Å²) in [6, 6.07) is 26.4. The quantitative estimate of drug-likeness (QED) is 0.114. The van der Waals surface area contributed by atoms with Crippen molar-refractivity contribution in [3.63, 3.8) is 0 Å². The van der Waals surface area contributed by atoms with Gasteiger partial charge >= 0.3 is 0 Å². The zero-order valence-corrected chi connectivity index (χ0v) is 24.7. The Kier molecular flexibility index (Phi) is 8.27. The van der Waals surface area contributed by atoms with Crippen molar-refractivity contribution >= 4 is 49.1 Å². The Morgan fingerprint density at radius 3 is 2.42 bits per heavy atom. The summed E-state index contributed by atoms with van der Waals surface area (Å²) in [6.07, 6.45) is 3.14. The molecule has 6 aromatic rings. The first-order valence-corrected chi connectivity index (χ1v) is 12.8. The predicted molar refractivity (Wildman–Crippen MR) is 153 cm³/mol. The molecule has 0 aliphatic carbocycles. The zero-order chi connectivity index (χ0) is 26.1. The van der Waals surface area contributed by atoms with Gasteiger partial charge in [0.1, 0.15) is 5.58 Å². The molecule has 0 saturated carbocycles. The first-order chi connectivity index (χ1) is 17.8. The largest absolute Gasteiger partial charge is 0.512 e. The number of pyridine rings is 1. The second kappa shape index (κ2) is 11.4. The Labute approximate surface area is 239 Å². The number of rotatable bonds is 3. The van der Waals surface area contributed by atoms with E-state index in [-0.39, 0.29) is 31.6 Å². The van der Waals surface area contributed by atoms with Crippen LogP contribution in [0.15, 0.2) is 89.2 Å². The summed E-state index contributed by atoms with van der Waals surface area (Å²) < 4.78 is 7.38. The summed E-state index contributed by atoms with van der Waals surface area (Å²) in [4.78, 5) is 16.1. The fraction of sp³-hybridized carbons (Fsp3) is 0.125. The smallest absolute Gasteiger partial charge is 0.155 e. The molecule has 4 nitrogen and oxygen atoms in total. The normalized spacial score (nSPS) is 11.3. The van der Waals surface area contributed by atoms with E-state index in [2.05, 4.69) is 62.4 Å². The Bertz CT molecular complexity index is 1790. The van der Waals surface area contributed by atoms with Crippen molar-refractivity contribution in [1.82, 2.24) is 4.98 Å². The molecule has 0 aliphatic rings. The van der Waals surface area contributed by atoms with Crippen molar-refractivity contribution in [2.75, 3.05) is 0 Å². The number of aromatic nitrogens is 1. The van der Waals surface area contributed by atoms with Crippen LogP contribution in [0, 0.1) is 19.9 Å². The van der Waals surface area contributed by atoms with Gasteiger partial charge in [0.2, 0.25) is 0 Å². The summed E-state index contributed by atoms with van der Waals surface area (Å²) in [6.45, 7) is 7.20. The van der Waals surface area contributed by atoms with Crippen LogP contribution < -0.4 is 0 Å². The molecule has 3 aromatic heterocycles. The van der Waals surface area contributed by atoms with Gasteiger partial charge in [0.15, 0.2) is 5.78 Å². The molecule has 6 heteroatoms. The number of para-hydroxylation sites is 1. The standard InChI is InChI=1S/C27H18NOS.C5H8O2.Ir/c1-16-7-5-8-17(2)26(16)24-14-18-13-22(28-15-25(18)30-24)21-11-6-10-20-19-9-3-4-12-23(19)29-27(20)21;1-4(6)3-5(2)7;/h3-10,12-15H,1-2H3;3,6H,1-2H3;/q-1;;. The molecule has 0 amide bonds. The fourth-order valence-electron chi connectivity index (χ4n) is 4.58. The molecular formula is C32H26IrNO3S-. The number of benzene rings is 3. The molecule has 0 bridgehead atoms. The first-order valence-electron chi connectivity index (χ1n) is 12.0. The molecule has 0 aliphatic heterocycles. The molecule has 6 rings (SSSR count).